The van der Waals surface area contributed by atoms with Gasteiger partial charge >= 0.3 is 0 Å². The molecule has 0 spiro atoms. The quantitative estimate of drug-likeness (QED) is 0.852. The van der Waals surface area contributed by atoms with Gasteiger partial charge in [-0.3, -0.25) is 0 Å². The summed E-state index contributed by atoms with van der Waals surface area (Å²) in [6.07, 6.45) is 0. The van der Waals surface area contributed by atoms with Crippen LogP contribution in [0, 0.1) is 0 Å². The Kier molecular flexibility index (Phi) is 9.26. The van der Waals surface area contributed by atoms with Gasteiger partial charge in [0.2, 0.25) is 0 Å². The number of benzene rings is 2. The number of rotatable bonds is 4. The lowest BCUT2D eigenvalue weighted by atomic mass is 10.3. The molecule has 0 radical (unpaired) electrons. The lowest BCUT2D eigenvalue weighted by Crippen LogP contribution is -1.84. The zero-order valence-electron chi connectivity index (χ0n) is 12.3. The van der Waals surface area contributed by atoms with Crippen LogP contribution in [0.25, 0.3) is 0 Å². The lowest BCUT2D eigenvalue weighted by molar-refractivity contribution is 0.394. The SMILES string of the molecule is C.COc1ccc(OC)cc1.COc1cccc(OC)c1. The highest BCUT2D eigenvalue weighted by Gasteiger charge is 1.91. The minimum absolute atomic E-state index is 0. The second kappa shape index (κ2) is 10.4. The number of ether oxygens (including phenoxy) is 4. The molecule has 0 heterocycles. The van der Waals surface area contributed by atoms with Crippen LogP contribution in [0.5, 0.6) is 23.0 Å². The van der Waals surface area contributed by atoms with Crippen LogP contribution in [0.4, 0.5) is 0 Å². The van der Waals surface area contributed by atoms with E-state index in [2.05, 4.69) is 0 Å². The molecule has 4 nitrogen and oxygen atoms in total. The molecular weight excluding hydrogens is 268 g/mol. The van der Waals surface area contributed by atoms with Gasteiger partial charge in [-0.15, -0.1) is 0 Å². The summed E-state index contributed by atoms with van der Waals surface area (Å²) in [6, 6.07) is 14.9. The third kappa shape index (κ3) is 6.56. The normalized spacial score (nSPS) is 8.57. The number of hydrogen-bond donors (Lipinski definition) is 0. The molecule has 0 fully saturated rings. The standard InChI is InChI=1S/2C8H10O2.CH4/c1-9-7-3-5-8(10-2)6-4-7;1-9-7-4-3-5-8(6-7)10-2;/h2*3-6H,1-2H3;1H4. The monoisotopic (exact) mass is 292 g/mol. The predicted octanol–water partition coefficient (Wildman–Crippen LogP) is 4.04. The highest BCUT2D eigenvalue weighted by molar-refractivity contribution is 5.32. The fraction of sp³-hybridized carbons (Fsp3) is 0.294. The molecule has 2 aromatic rings. The first-order valence-electron chi connectivity index (χ1n) is 6.09. The van der Waals surface area contributed by atoms with Crippen LogP contribution in [-0.2, 0) is 0 Å². The fourth-order valence-electron chi connectivity index (χ4n) is 1.44. The molecule has 0 bridgehead atoms. The van der Waals surface area contributed by atoms with Crippen molar-refractivity contribution < 1.29 is 18.9 Å². The van der Waals surface area contributed by atoms with E-state index in [1.54, 1.807) is 28.4 Å². The Morgan fingerprint density at radius 3 is 1.14 bits per heavy atom. The highest BCUT2D eigenvalue weighted by atomic mass is 16.5. The molecule has 0 N–H and O–H groups in total. The maximum Gasteiger partial charge on any atom is 0.122 e. The number of methoxy groups -OCH3 is 4. The van der Waals surface area contributed by atoms with Crippen molar-refractivity contribution in [2.24, 2.45) is 0 Å². The average Bonchev–Trinajstić information content (AvgIpc) is 2.55. The van der Waals surface area contributed by atoms with Gasteiger partial charge in [0.15, 0.2) is 0 Å². The molecular formula is C17H24O4. The topological polar surface area (TPSA) is 36.9 Å². The van der Waals surface area contributed by atoms with Gasteiger partial charge in [0, 0.05) is 6.07 Å². The second-order valence-corrected chi connectivity index (χ2v) is 3.76. The van der Waals surface area contributed by atoms with Crippen molar-refractivity contribution in [2.45, 2.75) is 7.43 Å². The lowest BCUT2D eigenvalue weighted by Gasteiger charge is -2.01. The van der Waals surface area contributed by atoms with Crippen LogP contribution in [0.2, 0.25) is 0 Å². The first-order chi connectivity index (χ1) is 9.73. The summed E-state index contributed by atoms with van der Waals surface area (Å²) in [5.41, 5.74) is 0. The van der Waals surface area contributed by atoms with Crippen molar-refractivity contribution in [1.29, 1.82) is 0 Å². The maximum absolute atomic E-state index is 4.98. The Morgan fingerprint density at radius 1 is 0.524 bits per heavy atom. The van der Waals surface area contributed by atoms with Crippen LogP contribution in [0.3, 0.4) is 0 Å². The first-order valence-corrected chi connectivity index (χ1v) is 6.09. The van der Waals surface area contributed by atoms with Gasteiger partial charge in [-0.2, -0.15) is 0 Å². The van der Waals surface area contributed by atoms with E-state index in [1.165, 1.54) is 0 Å². The van der Waals surface area contributed by atoms with Crippen LogP contribution in [0.15, 0.2) is 48.5 Å². The summed E-state index contributed by atoms with van der Waals surface area (Å²) in [7, 11) is 6.55. The Bertz CT molecular complexity index is 452. The molecule has 0 saturated carbocycles. The van der Waals surface area contributed by atoms with Crippen molar-refractivity contribution >= 4 is 0 Å². The largest absolute Gasteiger partial charge is 0.497 e. The minimum Gasteiger partial charge on any atom is -0.497 e. The molecule has 0 atom stereocenters. The molecule has 0 aliphatic rings. The Hall–Kier alpha value is -2.36. The third-order valence-electron chi connectivity index (χ3n) is 2.57. The van der Waals surface area contributed by atoms with E-state index in [4.69, 9.17) is 18.9 Å². The van der Waals surface area contributed by atoms with Crippen LogP contribution >= 0.6 is 0 Å². The van der Waals surface area contributed by atoms with Gasteiger partial charge in [-0.25, -0.2) is 0 Å². The van der Waals surface area contributed by atoms with Crippen molar-refractivity contribution in [2.75, 3.05) is 28.4 Å². The van der Waals surface area contributed by atoms with E-state index in [1.807, 2.05) is 48.5 Å². The van der Waals surface area contributed by atoms with Crippen molar-refractivity contribution in [3.05, 3.63) is 48.5 Å². The molecule has 4 heteroatoms. The summed E-state index contributed by atoms with van der Waals surface area (Å²) in [5, 5.41) is 0. The highest BCUT2D eigenvalue weighted by Crippen LogP contribution is 2.17. The summed E-state index contributed by atoms with van der Waals surface area (Å²) in [4.78, 5) is 0. The van der Waals surface area contributed by atoms with E-state index in [-0.39, 0.29) is 7.43 Å². The molecule has 0 amide bonds. The molecule has 0 aliphatic carbocycles. The zero-order chi connectivity index (χ0) is 14.8. The Labute approximate surface area is 127 Å². The Balaban J connectivity index is 0.000000364. The van der Waals surface area contributed by atoms with Gasteiger partial charge in [0.05, 0.1) is 28.4 Å². The smallest absolute Gasteiger partial charge is 0.122 e. The van der Waals surface area contributed by atoms with Crippen LogP contribution in [0.1, 0.15) is 7.43 Å². The van der Waals surface area contributed by atoms with Gasteiger partial charge < -0.3 is 18.9 Å². The van der Waals surface area contributed by atoms with Crippen molar-refractivity contribution in [1.82, 2.24) is 0 Å². The molecule has 0 saturated heterocycles. The summed E-state index contributed by atoms with van der Waals surface area (Å²) >= 11 is 0. The molecule has 21 heavy (non-hydrogen) atoms. The van der Waals surface area contributed by atoms with Crippen LogP contribution < -0.4 is 18.9 Å². The Morgan fingerprint density at radius 2 is 0.857 bits per heavy atom. The van der Waals surface area contributed by atoms with Gasteiger partial charge in [-0.1, -0.05) is 13.5 Å². The summed E-state index contributed by atoms with van der Waals surface area (Å²) in [5.74, 6) is 3.33. The third-order valence-corrected chi connectivity index (χ3v) is 2.57. The maximum atomic E-state index is 4.98. The number of hydrogen-bond acceptors (Lipinski definition) is 4. The van der Waals surface area contributed by atoms with Crippen LogP contribution in [-0.4, -0.2) is 28.4 Å². The van der Waals surface area contributed by atoms with Gasteiger partial charge in [0.25, 0.3) is 0 Å². The van der Waals surface area contributed by atoms with Gasteiger partial charge in [0.1, 0.15) is 23.0 Å². The van der Waals surface area contributed by atoms with E-state index >= 15 is 0 Å². The molecule has 2 aromatic carbocycles. The fourth-order valence-corrected chi connectivity index (χ4v) is 1.44. The van der Waals surface area contributed by atoms with Crippen molar-refractivity contribution in [3.63, 3.8) is 0 Å². The van der Waals surface area contributed by atoms with Gasteiger partial charge in [-0.05, 0) is 36.4 Å². The molecule has 116 valence electrons. The summed E-state index contributed by atoms with van der Waals surface area (Å²) in [6.45, 7) is 0. The second-order valence-electron chi connectivity index (χ2n) is 3.76. The van der Waals surface area contributed by atoms with E-state index < -0.39 is 0 Å². The molecule has 2 rings (SSSR count). The summed E-state index contributed by atoms with van der Waals surface area (Å²) < 4.78 is 19.9. The van der Waals surface area contributed by atoms with Crippen molar-refractivity contribution in [3.8, 4) is 23.0 Å². The predicted molar refractivity (Wildman–Crippen MR) is 85.8 cm³/mol. The minimum atomic E-state index is 0. The zero-order valence-corrected chi connectivity index (χ0v) is 12.3. The molecule has 0 aliphatic heterocycles. The van der Waals surface area contributed by atoms with E-state index in [0.29, 0.717) is 0 Å². The molecule has 0 aromatic heterocycles. The average molecular weight is 292 g/mol. The molecule has 0 unspecified atom stereocenters. The van der Waals surface area contributed by atoms with E-state index in [9.17, 15) is 0 Å². The van der Waals surface area contributed by atoms with E-state index in [0.717, 1.165) is 23.0 Å². The first kappa shape index (κ1) is 18.6.